The molecule has 2 heterocycles. The quantitative estimate of drug-likeness (QED) is 0.719. The summed E-state index contributed by atoms with van der Waals surface area (Å²) in [7, 11) is 0. The number of ether oxygens (including phenoxy) is 1. The minimum absolute atomic E-state index is 0.133. The highest BCUT2D eigenvalue weighted by atomic mass is 16.5. The van der Waals surface area contributed by atoms with Crippen molar-refractivity contribution in [3.63, 3.8) is 0 Å². The molecule has 2 rings (SSSR count). The molecule has 0 spiro atoms. The fraction of sp³-hybridized carbons (Fsp3) is 0.750. The van der Waals surface area contributed by atoms with Crippen LogP contribution in [0, 0.1) is 0 Å². The number of nitrogens with two attached hydrogens (primary N) is 1. The summed E-state index contributed by atoms with van der Waals surface area (Å²) in [6, 6.07) is 0. The predicted molar refractivity (Wildman–Crippen MR) is 47.0 cm³/mol. The molecule has 1 aliphatic heterocycles. The van der Waals surface area contributed by atoms with Gasteiger partial charge in [0.15, 0.2) is 5.82 Å². The maximum Gasteiger partial charge on any atom is 0.162 e. The number of hydrogen-bond donors (Lipinski definition) is 1. The predicted octanol–water partition coefficient (Wildman–Crippen LogP) is 0.0883. The average Bonchev–Trinajstić information content (AvgIpc) is 2.71. The van der Waals surface area contributed by atoms with Crippen molar-refractivity contribution in [2.75, 3.05) is 13.2 Å². The van der Waals surface area contributed by atoms with E-state index in [1.54, 1.807) is 6.33 Å². The Morgan fingerprint density at radius 1 is 1.69 bits per heavy atom. The van der Waals surface area contributed by atoms with Crippen LogP contribution in [-0.2, 0) is 11.3 Å². The molecule has 2 N–H and O–H groups in total. The van der Waals surface area contributed by atoms with Gasteiger partial charge in [-0.3, -0.25) is 0 Å². The minimum Gasteiger partial charge on any atom is -0.370 e. The number of rotatable bonds is 3. The molecule has 0 radical (unpaired) electrons. The number of hydrogen-bond acceptors (Lipinski definition) is 4. The highest BCUT2D eigenvalue weighted by molar-refractivity contribution is 4.93. The Balaban J connectivity index is 2.13. The second kappa shape index (κ2) is 3.85. The fourth-order valence-electron chi connectivity index (χ4n) is 1.61. The van der Waals surface area contributed by atoms with Gasteiger partial charge in [-0.2, -0.15) is 0 Å². The molecule has 5 nitrogen and oxygen atoms in total. The summed E-state index contributed by atoms with van der Waals surface area (Å²) >= 11 is 0. The Bertz CT molecular complexity index is 267. The van der Waals surface area contributed by atoms with Crippen molar-refractivity contribution < 1.29 is 4.74 Å². The molecule has 13 heavy (non-hydrogen) atoms. The normalized spacial score (nSPS) is 22.4. The molecule has 0 amide bonds. The summed E-state index contributed by atoms with van der Waals surface area (Å²) in [5, 5.41) is 7.91. The highest BCUT2D eigenvalue weighted by Gasteiger charge is 2.22. The molecule has 1 unspecified atom stereocenters. The molecular formula is C8H14N4O. The third-order valence-corrected chi connectivity index (χ3v) is 2.23. The van der Waals surface area contributed by atoms with Crippen LogP contribution in [0.4, 0.5) is 0 Å². The van der Waals surface area contributed by atoms with Crippen LogP contribution in [0.15, 0.2) is 6.33 Å². The van der Waals surface area contributed by atoms with Crippen LogP contribution in [0.3, 0.4) is 0 Å². The molecule has 1 aliphatic rings. The summed E-state index contributed by atoms with van der Waals surface area (Å²) < 4.78 is 7.49. The molecule has 1 fully saturated rings. The Kier molecular flexibility index (Phi) is 2.56. The maximum absolute atomic E-state index is 5.52. The lowest BCUT2D eigenvalue weighted by molar-refractivity contribution is 0.102. The third kappa shape index (κ3) is 1.71. The minimum atomic E-state index is 0.133. The lowest BCUT2D eigenvalue weighted by Crippen LogP contribution is -2.14. The zero-order chi connectivity index (χ0) is 9.10. The summed E-state index contributed by atoms with van der Waals surface area (Å²) in [6.07, 6.45) is 4.00. The van der Waals surface area contributed by atoms with Crippen LogP contribution in [-0.4, -0.2) is 27.9 Å². The second-order valence-corrected chi connectivity index (χ2v) is 3.17. The van der Waals surface area contributed by atoms with Crippen LogP contribution < -0.4 is 5.73 Å². The summed E-state index contributed by atoms with van der Waals surface area (Å²) in [5.74, 6) is 0.919. The molecule has 1 aromatic heterocycles. The van der Waals surface area contributed by atoms with Crippen molar-refractivity contribution in [3.05, 3.63) is 12.2 Å². The van der Waals surface area contributed by atoms with E-state index in [-0.39, 0.29) is 6.10 Å². The van der Waals surface area contributed by atoms with Gasteiger partial charge in [-0.25, -0.2) is 0 Å². The molecular weight excluding hydrogens is 168 g/mol. The molecule has 5 heteroatoms. The van der Waals surface area contributed by atoms with Crippen molar-refractivity contribution in [3.8, 4) is 0 Å². The first-order valence-electron chi connectivity index (χ1n) is 4.61. The van der Waals surface area contributed by atoms with Crippen molar-refractivity contribution in [2.45, 2.75) is 25.5 Å². The van der Waals surface area contributed by atoms with E-state index in [0.29, 0.717) is 6.54 Å². The second-order valence-electron chi connectivity index (χ2n) is 3.17. The molecule has 1 atom stereocenters. The van der Waals surface area contributed by atoms with E-state index in [1.807, 2.05) is 4.57 Å². The molecule has 1 aromatic rings. The summed E-state index contributed by atoms with van der Waals surface area (Å²) in [6.45, 7) is 2.21. The van der Waals surface area contributed by atoms with Crippen molar-refractivity contribution in [2.24, 2.45) is 5.73 Å². The van der Waals surface area contributed by atoms with Gasteiger partial charge in [0.2, 0.25) is 0 Å². The zero-order valence-electron chi connectivity index (χ0n) is 7.52. The van der Waals surface area contributed by atoms with Gasteiger partial charge in [0.25, 0.3) is 0 Å². The van der Waals surface area contributed by atoms with Crippen LogP contribution >= 0.6 is 0 Å². The van der Waals surface area contributed by atoms with E-state index in [9.17, 15) is 0 Å². The first kappa shape index (κ1) is 8.65. The van der Waals surface area contributed by atoms with E-state index in [4.69, 9.17) is 10.5 Å². The van der Waals surface area contributed by atoms with Crippen LogP contribution in [0.1, 0.15) is 24.8 Å². The zero-order valence-corrected chi connectivity index (χ0v) is 7.52. The monoisotopic (exact) mass is 182 g/mol. The maximum atomic E-state index is 5.52. The highest BCUT2D eigenvalue weighted by Crippen LogP contribution is 2.26. The van der Waals surface area contributed by atoms with E-state index >= 15 is 0 Å². The van der Waals surface area contributed by atoms with Gasteiger partial charge in [-0.1, -0.05) is 0 Å². The SMILES string of the molecule is NCCn1cnnc1C1CCCO1. The molecule has 0 aromatic carbocycles. The van der Waals surface area contributed by atoms with E-state index < -0.39 is 0 Å². The molecule has 1 saturated heterocycles. The topological polar surface area (TPSA) is 66.0 Å². The van der Waals surface area contributed by atoms with E-state index in [1.165, 1.54) is 0 Å². The molecule has 72 valence electrons. The number of nitrogens with zero attached hydrogens (tertiary/aromatic N) is 3. The van der Waals surface area contributed by atoms with Gasteiger partial charge in [-0.05, 0) is 12.8 Å². The van der Waals surface area contributed by atoms with Gasteiger partial charge in [0, 0.05) is 19.7 Å². The van der Waals surface area contributed by atoms with Crippen LogP contribution in [0.2, 0.25) is 0 Å². The van der Waals surface area contributed by atoms with Gasteiger partial charge in [0.05, 0.1) is 0 Å². The van der Waals surface area contributed by atoms with Crippen LogP contribution in [0.5, 0.6) is 0 Å². The smallest absolute Gasteiger partial charge is 0.162 e. The van der Waals surface area contributed by atoms with Crippen molar-refractivity contribution in [1.29, 1.82) is 0 Å². The van der Waals surface area contributed by atoms with Crippen molar-refractivity contribution >= 4 is 0 Å². The van der Waals surface area contributed by atoms with Crippen LogP contribution in [0.25, 0.3) is 0 Å². The lowest BCUT2D eigenvalue weighted by atomic mass is 10.2. The van der Waals surface area contributed by atoms with Crippen molar-refractivity contribution in [1.82, 2.24) is 14.8 Å². The largest absolute Gasteiger partial charge is 0.370 e. The average molecular weight is 182 g/mol. The standard InChI is InChI=1S/C8H14N4O/c9-3-4-12-6-10-11-8(12)7-2-1-5-13-7/h6-7H,1-5,9H2. The molecule has 0 saturated carbocycles. The van der Waals surface area contributed by atoms with E-state index in [2.05, 4.69) is 10.2 Å². The molecule has 0 bridgehead atoms. The van der Waals surface area contributed by atoms with Gasteiger partial charge in [-0.15, -0.1) is 10.2 Å². The van der Waals surface area contributed by atoms with E-state index in [0.717, 1.165) is 31.8 Å². The Morgan fingerprint density at radius 2 is 2.62 bits per heavy atom. The third-order valence-electron chi connectivity index (χ3n) is 2.23. The van der Waals surface area contributed by atoms with Gasteiger partial charge >= 0.3 is 0 Å². The fourth-order valence-corrected chi connectivity index (χ4v) is 1.61. The number of aromatic nitrogens is 3. The van der Waals surface area contributed by atoms with Gasteiger partial charge < -0.3 is 15.0 Å². The van der Waals surface area contributed by atoms with Gasteiger partial charge in [0.1, 0.15) is 12.4 Å². The Labute approximate surface area is 76.9 Å². The Morgan fingerprint density at radius 3 is 3.31 bits per heavy atom. The summed E-state index contributed by atoms with van der Waals surface area (Å²) in [4.78, 5) is 0. The first-order valence-corrected chi connectivity index (χ1v) is 4.61. The summed E-state index contributed by atoms with van der Waals surface area (Å²) in [5.41, 5.74) is 5.47. The lowest BCUT2D eigenvalue weighted by Gasteiger charge is -2.09. The Hall–Kier alpha value is -0.940. The molecule has 0 aliphatic carbocycles. The first-order chi connectivity index (χ1) is 6.42.